The number of amides is 1. The normalized spacial score (nSPS) is 18.2. The Morgan fingerprint density at radius 1 is 1.11 bits per heavy atom. The average molecular weight is 509 g/mol. The lowest BCUT2D eigenvalue weighted by atomic mass is 9.82. The number of hydrogen-bond donors (Lipinski definition) is 0. The molecule has 1 aliphatic carbocycles. The maximum Gasteiger partial charge on any atom is 0.340 e. The summed E-state index contributed by atoms with van der Waals surface area (Å²) in [7, 11) is 1.39. The van der Waals surface area contributed by atoms with Crippen molar-refractivity contribution in [2.45, 2.75) is 52.5 Å². The minimum atomic E-state index is -0.416. The standard InChI is InChI=1S/C28H32N2O3S2/c1-18(2)30(26(31)22-10-5-19(3)6-11-22)27-24(28(32)33-4)15-25(35-27)21-12-7-20(8-13-21)9-14-23-16-34-17-29-23/h7-9,12-19,22H,5-6,10-11H2,1-4H3/b14-9+/t19-,22-. The molecule has 0 bridgehead atoms. The number of carbonyl (C=O) groups excluding carboxylic acids is 2. The third-order valence-electron chi connectivity index (χ3n) is 6.55. The first-order valence-electron chi connectivity index (χ1n) is 12.1. The average Bonchev–Trinajstić information content (AvgIpc) is 3.53. The van der Waals surface area contributed by atoms with Crippen LogP contribution in [0.15, 0.2) is 41.2 Å². The molecule has 1 fully saturated rings. The van der Waals surface area contributed by atoms with E-state index >= 15 is 0 Å². The van der Waals surface area contributed by atoms with Crippen LogP contribution >= 0.6 is 22.7 Å². The number of nitrogens with zero attached hydrogens (tertiary/aromatic N) is 2. The lowest BCUT2D eigenvalue weighted by Crippen LogP contribution is -2.42. The van der Waals surface area contributed by atoms with Crippen molar-refractivity contribution in [1.82, 2.24) is 4.98 Å². The zero-order valence-electron chi connectivity index (χ0n) is 20.7. The van der Waals surface area contributed by atoms with E-state index < -0.39 is 5.97 Å². The Balaban J connectivity index is 1.63. The van der Waals surface area contributed by atoms with E-state index in [9.17, 15) is 9.59 Å². The first kappa shape index (κ1) is 25.3. The highest BCUT2D eigenvalue weighted by Gasteiger charge is 2.33. The Morgan fingerprint density at radius 3 is 2.43 bits per heavy atom. The van der Waals surface area contributed by atoms with Crippen LogP contribution in [0.4, 0.5) is 5.00 Å². The second-order valence-electron chi connectivity index (χ2n) is 9.45. The molecule has 0 atom stereocenters. The van der Waals surface area contributed by atoms with Crippen LogP contribution in [0.5, 0.6) is 0 Å². The first-order valence-corrected chi connectivity index (χ1v) is 13.8. The molecule has 35 heavy (non-hydrogen) atoms. The summed E-state index contributed by atoms with van der Waals surface area (Å²) < 4.78 is 5.10. The molecule has 0 aliphatic heterocycles. The number of methoxy groups -OCH3 is 1. The molecule has 2 aromatic heterocycles. The summed E-state index contributed by atoms with van der Waals surface area (Å²) in [5.41, 5.74) is 5.27. The van der Waals surface area contributed by atoms with E-state index in [1.54, 1.807) is 11.3 Å². The van der Waals surface area contributed by atoms with E-state index in [1.165, 1.54) is 18.4 Å². The number of thiazole rings is 1. The summed E-state index contributed by atoms with van der Waals surface area (Å²) in [6, 6.07) is 9.98. The molecule has 184 valence electrons. The summed E-state index contributed by atoms with van der Waals surface area (Å²) in [6.07, 6.45) is 7.98. The zero-order valence-corrected chi connectivity index (χ0v) is 22.3. The number of aromatic nitrogens is 1. The number of carbonyl (C=O) groups is 2. The van der Waals surface area contributed by atoms with E-state index in [4.69, 9.17) is 4.74 Å². The van der Waals surface area contributed by atoms with E-state index in [-0.39, 0.29) is 17.9 Å². The smallest absolute Gasteiger partial charge is 0.340 e. The molecule has 1 aromatic carbocycles. The maximum absolute atomic E-state index is 13.6. The summed E-state index contributed by atoms with van der Waals surface area (Å²) in [6.45, 7) is 6.27. The molecule has 0 saturated heterocycles. The lowest BCUT2D eigenvalue weighted by Gasteiger charge is -2.33. The van der Waals surface area contributed by atoms with Gasteiger partial charge in [0, 0.05) is 22.2 Å². The second-order valence-corrected chi connectivity index (χ2v) is 11.2. The number of thiophene rings is 1. The van der Waals surface area contributed by atoms with Crippen LogP contribution in [0.25, 0.3) is 22.6 Å². The topological polar surface area (TPSA) is 59.5 Å². The van der Waals surface area contributed by atoms with Gasteiger partial charge in [-0.05, 0) is 68.7 Å². The highest BCUT2D eigenvalue weighted by atomic mass is 32.1. The SMILES string of the molecule is COC(=O)c1cc(-c2ccc(/C=C/c3cscn3)cc2)sc1N(C(=O)[C@H]1CC[C@H](C)CC1)C(C)C. The van der Waals surface area contributed by atoms with Gasteiger partial charge in [-0.1, -0.05) is 37.3 Å². The van der Waals surface area contributed by atoms with Crippen molar-refractivity contribution in [3.63, 3.8) is 0 Å². The molecular formula is C28H32N2O3S2. The Morgan fingerprint density at radius 2 is 1.83 bits per heavy atom. The van der Waals surface area contributed by atoms with Gasteiger partial charge in [0.25, 0.3) is 0 Å². The first-order chi connectivity index (χ1) is 16.9. The van der Waals surface area contributed by atoms with Gasteiger partial charge in [-0.2, -0.15) is 0 Å². The molecule has 2 heterocycles. The molecule has 1 amide bonds. The zero-order chi connectivity index (χ0) is 24.9. The highest BCUT2D eigenvalue weighted by Crippen LogP contribution is 2.41. The molecule has 0 radical (unpaired) electrons. The summed E-state index contributed by atoms with van der Waals surface area (Å²) >= 11 is 3.05. The van der Waals surface area contributed by atoms with Gasteiger partial charge in [0.1, 0.15) is 5.00 Å². The van der Waals surface area contributed by atoms with Crippen LogP contribution in [0, 0.1) is 11.8 Å². The van der Waals surface area contributed by atoms with Crippen LogP contribution in [0.3, 0.4) is 0 Å². The molecule has 7 heteroatoms. The maximum atomic E-state index is 13.6. The van der Waals surface area contributed by atoms with Gasteiger partial charge in [0.2, 0.25) is 5.91 Å². The van der Waals surface area contributed by atoms with Crippen LogP contribution in [-0.2, 0) is 9.53 Å². The van der Waals surface area contributed by atoms with Crippen molar-refractivity contribution < 1.29 is 14.3 Å². The van der Waals surface area contributed by atoms with E-state index in [0.29, 0.717) is 16.5 Å². The lowest BCUT2D eigenvalue weighted by molar-refractivity contribution is -0.123. The van der Waals surface area contributed by atoms with Crippen molar-refractivity contribution >= 4 is 51.7 Å². The Kier molecular flexibility index (Phi) is 8.19. The minimum absolute atomic E-state index is 0.00781. The number of rotatable bonds is 7. The quantitative estimate of drug-likeness (QED) is 0.312. The fourth-order valence-electron chi connectivity index (χ4n) is 4.50. The van der Waals surface area contributed by atoms with Gasteiger partial charge in [-0.25, -0.2) is 9.78 Å². The van der Waals surface area contributed by atoms with Gasteiger partial charge in [-0.3, -0.25) is 4.79 Å². The molecule has 0 N–H and O–H groups in total. The van der Waals surface area contributed by atoms with Crippen LogP contribution in [0.1, 0.15) is 68.1 Å². The van der Waals surface area contributed by atoms with Gasteiger partial charge >= 0.3 is 5.97 Å². The summed E-state index contributed by atoms with van der Waals surface area (Å²) in [4.78, 5) is 33.4. The van der Waals surface area contributed by atoms with Crippen molar-refractivity contribution in [2.75, 3.05) is 12.0 Å². The molecule has 4 rings (SSSR count). The predicted molar refractivity (Wildman–Crippen MR) is 146 cm³/mol. The Bertz CT molecular complexity index is 1170. The summed E-state index contributed by atoms with van der Waals surface area (Å²) in [5, 5.41) is 2.68. The minimum Gasteiger partial charge on any atom is -0.465 e. The van der Waals surface area contributed by atoms with E-state index in [2.05, 4.69) is 11.9 Å². The number of ether oxygens (including phenoxy) is 1. The van der Waals surface area contributed by atoms with Gasteiger partial charge in [-0.15, -0.1) is 22.7 Å². The predicted octanol–water partition coefficient (Wildman–Crippen LogP) is 7.40. The number of anilines is 1. The molecule has 3 aromatic rings. The van der Waals surface area contributed by atoms with E-state index in [1.807, 2.05) is 72.1 Å². The van der Waals surface area contributed by atoms with Crippen molar-refractivity contribution in [1.29, 1.82) is 0 Å². The Labute approximate surface area is 215 Å². The fourth-order valence-corrected chi connectivity index (χ4v) is 6.31. The third-order valence-corrected chi connectivity index (χ3v) is 8.34. The van der Waals surface area contributed by atoms with Crippen molar-refractivity contribution in [2.24, 2.45) is 11.8 Å². The number of benzene rings is 1. The molecular weight excluding hydrogens is 476 g/mol. The van der Waals surface area contributed by atoms with E-state index in [0.717, 1.165) is 47.4 Å². The van der Waals surface area contributed by atoms with Crippen LogP contribution in [-0.4, -0.2) is 30.0 Å². The van der Waals surface area contributed by atoms with Crippen LogP contribution in [0.2, 0.25) is 0 Å². The largest absolute Gasteiger partial charge is 0.465 e. The van der Waals surface area contributed by atoms with Crippen molar-refractivity contribution in [3.8, 4) is 10.4 Å². The monoisotopic (exact) mass is 508 g/mol. The Hall–Kier alpha value is -2.77. The second kappa shape index (κ2) is 11.3. The van der Waals surface area contributed by atoms with Gasteiger partial charge < -0.3 is 9.64 Å². The highest BCUT2D eigenvalue weighted by molar-refractivity contribution is 7.20. The number of hydrogen-bond acceptors (Lipinski definition) is 6. The fraction of sp³-hybridized carbons (Fsp3) is 0.393. The van der Waals surface area contributed by atoms with Gasteiger partial charge in [0.15, 0.2) is 0 Å². The van der Waals surface area contributed by atoms with Crippen LogP contribution < -0.4 is 4.90 Å². The number of esters is 1. The molecule has 1 aliphatic rings. The molecule has 5 nitrogen and oxygen atoms in total. The third kappa shape index (κ3) is 5.90. The molecule has 0 unspecified atom stereocenters. The molecule has 1 saturated carbocycles. The van der Waals surface area contributed by atoms with Crippen molar-refractivity contribution in [3.05, 3.63) is 58.0 Å². The molecule has 0 spiro atoms. The van der Waals surface area contributed by atoms with Gasteiger partial charge in [0.05, 0.1) is 23.9 Å². The summed E-state index contributed by atoms with van der Waals surface area (Å²) in [5.74, 6) is 0.382.